The van der Waals surface area contributed by atoms with Gasteiger partial charge in [-0.1, -0.05) is 19.1 Å². The van der Waals surface area contributed by atoms with Crippen molar-refractivity contribution in [1.29, 1.82) is 5.26 Å². The van der Waals surface area contributed by atoms with Crippen LogP contribution in [0.15, 0.2) is 24.3 Å². The third-order valence-electron chi connectivity index (χ3n) is 5.34. The van der Waals surface area contributed by atoms with Gasteiger partial charge in [-0.05, 0) is 23.6 Å². The lowest BCUT2D eigenvalue weighted by atomic mass is 10.0. The molecule has 2 heterocycles. The van der Waals surface area contributed by atoms with Crippen LogP contribution in [0.5, 0.6) is 0 Å². The molecule has 0 radical (unpaired) electrons. The highest BCUT2D eigenvalue weighted by atomic mass is 16.2. The number of carbonyl (C=O) groups excluding carboxylic acids is 1. The maximum absolute atomic E-state index is 11.5. The van der Waals surface area contributed by atoms with E-state index in [2.05, 4.69) is 28.9 Å². The molecule has 0 aromatic heterocycles. The Hall–Kier alpha value is -1.90. The maximum atomic E-state index is 11.5. The van der Waals surface area contributed by atoms with Crippen molar-refractivity contribution in [1.82, 2.24) is 14.7 Å². The number of nitrogens with zero attached hydrogens (tertiary/aromatic N) is 4. The number of hydrogen-bond acceptors (Lipinski definition) is 4. The number of rotatable bonds is 3. The molecule has 2 fully saturated rings. The minimum Gasteiger partial charge on any atom is -0.340 e. The third-order valence-corrected chi connectivity index (χ3v) is 5.34. The highest BCUT2D eigenvalue weighted by molar-refractivity contribution is 5.73. The normalized spacial score (nSPS) is 25.6. The van der Waals surface area contributed by atoms with Gasteiger partial charge in [0.2, 0.25) is 5.91 Å². The lowest BCUT2D eigenvalue weighted by molar-refractivity contribution is -0.130. The highest BCUT2D eigenvalue weighted by Gasteiger charge is 2.35. The number of piperazine rings is 1. The lowest BCUT2D eigenvalue weighted by Gasteiger charge is -2.39. The van der Waals surface area contributed by atoms with E-state index < -0.39 is 0 Å². The Morgan fingerprint density at radius 2 is 2.00 bits per heavy atom. The molecule has 0 saturated carbocycles. The molecule has 0 bridgehead atoms. The number of hydrogen-bond donors (Lipinski definition) is 0. The minimum absolute atomic E-state index is 0.188. The summed E-state index contributed by atoms with van der Waals surface area (Å²) >= 11 is 0. The van der Waals surface area contributed by atoms with Crippen molar-refractivity contribution in [3.05, 3.63) is 35.4 Å². The molecule has 2 atom stereocenters. The molecule has 0 aliphatic carbocycles. The molecule has 1 aromatic rings. The highest BCUT2D eigenvalue weighted by Crippen LogP contribution is 2.24. The number of benzene rings is 1. The predicted octanol–water partition coefficient (Wildman–Crippen LogP) is 1.54. The van der Waals surface area contributed by atoms with Gasteiger partial charge in [-0.15, -0.1) is 0 Å². The second-order valence-corrected chi connectivity index (χ2v) is 7.09. The fraction of sp³-hybridized carbons (Fsp3) is 0.579. The van der Waals surface area contributed by atoms with Crippen LogP contribution < -0.4 is 0 Å². The third kappa shape index (κ3) is 3.77. The zero-order chi connectivity index (χ0) is 17.1. The topological polar surface area (TPSA) is 50.6 Å². The molecule has 2 aliphatic rings. The Balaban J connectivity index is 1.57. The number of carbonyl (C=O) groups is 1. The van der Waals surface area contributed by atoms with Gasteiger partial charge in [0.05, 0.1) is 11.6 Å². The van der Waals surface area contributed by atoms with Crippen molar-refractivity contribution in [3.8, 4) is 6.07 Å². The molecule has 5 heteroatoms. The van der Waals surface area contributed by atoms with E-state index in [0.29, 0.717) is 12.0 Å². The number of amides is 1. The molecule has 24 heavy (non-hydrogen) atoms. The first-order chi connectivity index (χ1) is 11.6. The van der Waals surface area contributed by atoms with Gasteiger partial charge < -0.3 is 4.90 Å². The second-order valence-electron chi connectivity index (χ2n) is 7.09. The Morgan fingerprint density at radius 3 is 2.67 bits per heavy atom. The largest absolute Gasteiger partial charge is 0.340 e. The second kappa shape index (κ2) is 7.33. The van der Waals surface area contributed by atoms with Crippen molar-refractivity contribution < 1.29 is 4.79 Å². The monoisotopic (exact) mass is 326 g/mol. The van der Waals surface area contributed by atoms with Crippen LogP contribution in [-0.2, 0) is 11.3 Å². The zero-order valence-corrected chi connectivity index (χ0v) is 14.6. The van der Waals surface area contributed by atoms with Crippen LogP contribution in [0.3, 0.4) is 0 Å². The summed E-state index contributed by atoms with van der Waals surface area (Å²) in [6.45, 7) is 10.7. The van der Waals surface area contributed by atoms with Gasteiger partial charge in [0.15, 0.2) is 0 Å². The van der Waals surface area contributed by atoms with E-state index in [1.54, 1.807) is 6.92 Å². The molecule has 1 aromatic carbocycles. The molecule has 3 rings (SSSR count). The van der Waals surface area contributed by atoms with E-state index in [-0.39, 0.29) is 5.91 Å². The fourth-order valence-corrected chi connectivity index (χ4v) is 4.02. The average Bonchev–Trinajstić information content (AvgIpc) is 2.95. The molecule has 2 unspecified atom stereocenters. The minimum atomic E-state index is 0.188. The summed E-state index contributed by atoms with van der Waals surface area (Å²) in [5.74, 6) is 0.821. The summed E-state index contributed by atoms with van der Waals surface area (Å²) in [6.07, 6.45) is 0. The summed E-state index contributed by atoms with van der Waals surface area (Å²) in [4.78, 5) is 18.5. The lowest BCUT2D eigenvalue weighted by Crippen LogP contribution is -2.53. The van der Waals surface area contributed by atoms with E-state index in [9.17, 15) is 4.79 Å². The van der Waals surface area contributed by atoms with Crippen LogP contribution in [-0.4, -0.2) is 65.9 Å². The smallest absolute Gasteiger partial charge is 0.219 e. The molecule has 0 N–H and O–H groups in total. The summed E-state index contributed by atoms with van der Waals surface area (Å²) in [7, 11) is 0. The van der Waals surface area contributed by atoms with Crippen molar-refractivity contribution >= 4 is 5.91 Å². The molecule has 2 saturated heterocycles. The van der Waals surface area contributed by atoms with Crippen LogP contribution >= 0.6 is 0 Å². The molecule has 5 nitrogen and oxygen atoms in total. The van der Waals surface area contributed by atoms with Gasteiger partial charge in [-0.3, -0.25) is 14.6 Å². The molecule has 128 valence electrons. The SMILES string of the molecule is CC(=O)N1CCN(C2CN(Cc3cccc(C#N)c3)CC2C)CC1. The first-order valence-electron chi connectivity index (χ1n) is 8.78. The standard InChI is InChI=1S/C19H26N4O/c1-15-12-21(13-18-5-3-4-17(10-18)11-20)14-19(15)23-8-6-22(7-9-23)16(2)24/h3-5,10,15,19H,6-9,12-14H2,1-2H3. The van der Waals surface area contributed by atoms with E-state index in [4.69, 9.17) is 5.26 Å². The first kappa shape index (κ1) is 16.9. The maximum Gasteiger partial charge on any atom is 0.219 e. The van der Waals surface area contributed by atoms with Crippen LogP contribution in [0, 0.1) is 17.2 Å². The van der Waals surface area contributed by atoms with Crippen LogP contribution in [0.2, 0.25) is 0 Å². The van der Waals surface area contributed by atoms with Gasteiger partial charge >= 0.3 is 0 Å². The van der Waals surface area contributed by atoms with Gasteiger partial charge in [0.1, 0.15) is 0 Å². The molecule has 1 amide bonds. The Morgan fingerprint density at radius 1 is 1.25 bits per heavy atom. The molecule has 2 aliphatic heterocycles. The molecular formula is C19H26N4O. The van der Waals surface area contributed by atoms with Crippen molar-refractivity contribution in [3.63, 3.8) is 0 Å². The summed E-state index contributed by atoms with van der Waals surface area (Å²) in [5, 5.41) is 9.04. The van der Waals surface area contributed by atoms with Crippen molar-refractivity contribution in [2.24, 2.45) is 5.92 Å². The summed E-state index contributed by atoms with van der Waals surface area (Å²) < 4.78 is 0. The quantitative estimate of drug-likeness (QED) is 0.845. The molecular weight excluding hydrogens is 300 g/mol. The van der Waals surface area contributed by atoms with Gasteiger partial charge in [0, 0.05) is 58.8 Å². The van der Waals surface area contributed by atoms with E-state index in [1.165, 1.54) is 5.56 Å². The van der Waals surface area contributed by atoms with E-state index >= 15 is 0 Å². The van der Waals surface area contributed by atoms with Gasteiger partial charge in [0.25, 0.3) is 0 Å². The summed E-state index contributed by atoms with van der Waals surface area (Å²) in [6, 6.07) is 10.7. The van der Waals surface area contributed by atoms with Crippen LogP contribution in [0.1, 0.15) is 25.0 Å². The Bertz CT molecular complexity index is 630. The summed E-state index contributed by atoms with van der Waals surface area (Å²) in [5.41, 5.74) is 1.94. The zero-order valence-electron chi connectivity index (χ0n) is 14.6. The first-order valence-corrected chi connectivity index (χ1v) is 8.78. The van der Waals surface area contributed by atoms with Gasteiger partial charge in [-0.2, -0.15) is 5.26 Å². The molecule has 0 spiro atoms. The predicted molar refractivity (Wildman–Crippen MR) is 93.2 cm³/mol. The fourth-order valence-electron chi connectivity index (χ4n) is 4.02. The number of likely N-dealkylation sites (tertiary alicyclic amines) is 1. The van der Waals surface area contributed by atoms with Crippen LogP contribution in [0.25, 0.3) is 0 Å². The van der Waals surface area contributed by atoms with Crippen LogP contribution in [0.4, 0.5) is 0 Å². The Labute approximate surface area is 144 Å². The van der Waals surface area contributed by atoms with E-state index in [1.807, 2.05) is 23.1 Å². The number of nitriles is 1. The average molecular weight is 326 g/mol. The van der Waals surface area contributed by atoms with Crippen molar-refractivity contribution in [2.45, 2.75) is 26.4 Å². The Kier molecular flexibility index (Phi) is 5.17. The van der Waals surface area contributed by atoms with E-state index in [0.717, 1.165) is 51.4 Å². The van der Waals surface area contributed by atoms with Gasteiger partial charge in [-0.25, -0.2) is 0 Å². The van der Waals surface area contributed by atoms with Crippen molar-refractivity contribution in [2.75, 3.05) is 39.3 Å².